The maximum Gasteiger partial charge on any atom is 0.397 e. The predicted molar refractivity (Wildman–Crippen MR) is 88.4 cm³/mol. The van der Waals surface area contributed by atoms with Crippen molar-refractivity contribution in [2.75, 3.05) is 13.1 Å². The minimum atomic E-state index is -4.49. The first-order valence-corrected chi connectivity index (χ1v) is 8.33. The topological polar surface area (TPSA) is 74.8 Å². The fraction of sp³-hybridized carbons (Fsp3) is 0.412. The third-order valence-corrected chi connectivity index (χ3v) is 4.73. The number of likely N-dealkylation sites (tertiary alicyclic amines) is 1. The molecule has 1 aliphatic heterocycles. The molecule has 0 aromatic carbocycles. The lowest BCUT2D eigenvalue weighted by Gasteiger charge is -2.33. The molecule has 0 spiro atoms. The van der Waals surface area contributed by atoms with E-state index in [-0.39, 0.29) is 12.5 Å². The summed E-state index contributed by atoms with van der Waals surface area (Å²) in [6.07, 6.45) is 0.346. The molecule has 0 saturated carbocycles. The number of nitrogens with zero attached hydrogens (tertiary/aromatic N) is 4. The van der Waals surface area contributed by atoms with E-state index in [0.717, 1.165) is 22.9 Å². The number of alkyl halides is 3. The van der Waals surface area contributed by atoms with Crippen LogP contribution in [0.2, 0.25) is 0 Å². The summed E-state index contributed by atoms with van der Waals surface area (Å²) in [5.41, 5.74) is 2.14. The highest BCUT2D eigenvalue weighted by molar-refractivity contribution is 6.04. The molecule has 9 heteroatoms. The fourth-order valence-corrected chi connectivity index (χ4v) is 3.60. The number of piperidine rings is 1. The lowest BCUT2D eigenvalue weighted by atomic mass is 9.91. The van der Waals surface area contributed by atoms with Crippen LogP contribution in [0.3, 0.4) is 0 Å². The molecule has 4 rings (SSSR count). The van der Waals surface area contributed by atoms with E-state index in [4.69, 9.17) is 0 Å². The monoisotopic (exact) mass is 363 g/mol. The van der Waals surface area contributed by atoms with Crippen molar-refractivity contribution in [2.24, 2.45) is 0 Å². The van der Waals surface area contributed by atoms with Gasteiger partial charge in [0.15, 0.2) is 0 Å². The Balaban J connectivity index is 1.69. The third-order valence-electron chi connectivity index (χ3n) is 4.73. The third kappa shape index (κ3) is 3.09. The van der Waals surface area contributed by atoms with E-state index in [9.17, 15) is 18.0 Å². The highest BCUT2D eigenvalue weighted by Crippen LogP contribution is 2.33. The van der Waals surface area contributed by atoms with E-state index in [2.05, 4.69) is 19.9 Å². The Kier molecular flexibility index (Phi) is 4.01. The first kappa shape index (κ1) is 16.7. The second-order valence-electron chi connectivity index (χ2n) is 6.49. The standard InChI is InChI=1S/C17H16F3N5O/c18-17(19,20)6-13(26)25-5-1-2-10(8-25)15-14-11-3-4-21-16(11)22-7-12(14)23-9-24-15/h3-4,7,9-10H,1-2,5-6,8H2,(H,21,22)/t10-/m0/s1. The van der Waals surface area contributed by atoms with E-state index in [0.29, 0.717) is 24.1 Å². The Hall–Kier alpha value is -2.71. The summed E-state index contributed by atoms with van der Waals surface area (Å²) in [7, 11) is 0. The zero-order chi connectivity index (χ0) is 18.3. The number of nitrogens with one attached hydrogen (secondary N) is 1. The van der Waals surface area contributed by atoms with Crippen molar-refractivity contribution >= 4 is 27.8 Å². The maximum absolute atomic E-state index is 12.5. The summed E-state index contributed by atoms with van der Waals surface area (Å²) < 4.78 is 37.6. The van der Waals surface area contributed by atoms with Gasteiger partial charge < -0.3 is 9.88 Å². The Bertz CT molecular complexity index is 968. The van der Waals surface area contributed by atoms with Gasteiger partial charge in [0.05, 0.1) is 17.4 Å². The highest BCUT2D eigenvalue weighted by atomic mass is 19.4. The van der Waals surface area contributed by atoms with Crippen molar-refractivity contribution in [3.05, 3.63) is 30.5 Å². The van der Waals surface area contributed by atoms with Gasteiger partial charge >= 0.3 is 6.18 Å². The Morgan fingerprint density at radius 2 is 2.15 bits per heavy atom. The summed E-state index contributed by atoms with van der Waals surface area (Å²) >= 11 is 0. The van der Waals surface area contributed by atoms with Gasteiger partial charge in [-0.15, -0.1) is 0 Å². The van der Waals surface area contributed by atoms with Gasteiger partial charge in [-0.25, -0.2) is 15.0 Å². The molecule has 3 aromatic heterocycles. The van der Waals surface area contributed by atoms with Crippen molar-refractivity contribution in [3.8, 4) is 0 Å². The van der Waals surface area contributed by atoms with Crippen molar-refractivity contribution in [1.82, 2.24) is 24.8 Å². The Morgan fingerprint density at radius 1 is 1.31 bits per heavy atom. The van der Waals surface area contributed by atoms with Crippen LogP contribution in [0.5, 0.6) is 0 Å². The van der Waals surface area contributed by atoms with Gasteiger partial charge in [0.1, 0.15) is 18.4 Å². The number of pyridine rings is 1. The van der Waals surface area contributed by atoms with Crippen LogP contribution in [0.15, 0.2) is 24.8 Å². The summed E-state index contributed by atoms with van der Waals surface area (Å²) in [5, 5.41) is 1.71. The Labute approximate surface area is 146 Å². The number of H-pyrrole nitrogens is 1. The Morgan fingerprint density at radius 3 is 2.96 bits per heavy atom. The average Bonchev–Trinajstić information content (AvgIpc) is 3.09. The first-order chi connectivity index (χ1) is 12.4. The fourth-order valence-electron chi connectivity index (χ4n) is 3.60. The molecule has 4 heterocycles. The van der Waals surface area contributed by atoms with Gasteiger partial charge in [0.2, 0.25) is 5.91 Å². The van der Waals surface area contributed by atoms with Crippen molar-refractivity contribution in [3.63, 3.8) is 0 Å². The normalized spacial score (nSPS) is 18.6. The highest BCUT2D eigenvalue weighted by Gasteiger charge is 2.35. The van der Waals surface area contributed by atoms with Gasteiger partial charge in [-0.2, -0.15) is 13.2 Å². The summed E-state index contributed by atoms with van der Waals surface area (Å²) in [5.74, 6) is -1.01. The number of rotatable bonds is 2. The van der Waals surface area contributed by atoms with Crippen LogP contribution in [-0.2, 0) is 4.79 Å². The quantitative estimate of drug-likeness (QED) is 0.759. The number of aromatic amines is 1. The largest absolute Gasteiger partial charge is 0.397 e. The number of hydrogen-bond acceptors (Lipinski definition) is 4. The van der Waals surface area contributed by atoms with Gasteiger partial charge in [-0.3, -0.25) is 4.79 Å². The minimum absolute atomic E-state index is 0.132. The van der Waals surface area contributed by atoms with Gasteiger partial charge in [0.25, 0.3) is 0 Å². The zero-order valence-corrected chi connectivity index (χ0v) is 13.8. The molecule has 0 unspecified atom stereocenters. The molecule has 1 amide bonds. The number of amides is 1. The number of hydrogen-bond donors (Lipinski definition) is 1. The second kappa shape index (κ2) is 6.22. The van der Waals surface area contributed by atoms with Crippen LogP contribution < -0.4 is 0 Å². The van der Waals surface area contributed by atoms with E-state index in [1.165, 1.54) is 11.2 Å². The van der Waals surface area contributed by atoms with E-state index in [1.807, 2.05) is 6.07 Å². The summed E-state index contributed by atoms with van der Waals surface area (Å²) in [4.78, 5) is 29.3. The number of halogens is 3. The summed E-state index contributed by atoms with van der Waals surface area (Å²) in [6.45, 7) is 0.574. The van der Waals surface area contributed by atoms with Crippen LogP contribution in [0.4, 0.5) is 13.2 Å². The minimum Gasteiger partial charge on any atom is -0.346 e. The van der Waals surface area contributed by atoms with Crippen LogP contribution in [0.1, 0.15) is 30.9 Å². The van der Waals surface area contributed by atoms with E-state index in [1.54, 1.807) is 12.4 Å². The molecule has 1 saturated heterocycles. The predicted octanol–water partition coefficient (Wildman–Crippen LogP) is 3.16. The molecule has 1 atom stereocenters. The second-order valence-corrected chi connectivity index (χ2v) is 6.49. The van der Waals surface area contributed by atoms with Crippen LogP contribution in [0.25, 0.3) is 21.9 Å². The molecular weight excluding hydrogens is 347 g/mol. The molecule has 136 valence electrons. The first-order valence-electron chi connectivity index (χ1n) is 8.33. The molecule has 6 nitrogen and oxygen atoms in total. The maximum atomic E-state index is 12.5. The lowest BCUT2D eigenvalue weighted by molar-refractivity contribution is -0.162. The zero-order valence-electron chi connectivity index (χ0n) is 13.8. The van der Waals surface area contributed by atoms with Crippen LogP contribution in [0, 0.1) is 0 Å². The van der Waals surface area contributed by atoms with Gasteiger partial charge in [0, 0.05) is 36.0 Å². The van der Waals surface area contributed by atoms with E-state index < -0.39 is 18.5 Å². The van der Waals surface area contributed by atoms with Crippen molar-refractivity contribution < 1.29 is 18.0 Å². The smallest absolute Gasteiger partial charge is 0.346 e. The van der Waals surface area contributed by atoms with Crippen molar-refractivity contribution in [2.45, 2.75) is 31.4 Å². The van der Waals surface area contributed by atoms with Crippen LogP contribution >= 0.6 is 0 Å². The SMILES string of the molecule is O=C(CC(F)(F)F)N1CCC[C@H](c2ncnc3cnc4[nH]ccc4c23)C1. The number of carbonyl (C=O) groups excluding carboxylic acids is 1. The number of carbonyl (C=O) groups is 1. The molecule has 0 bridgehead atoms. The van der Waals surface area contributed by atoms with Crippen LogP contribution in [-0.4, -0.2) is 50.0 Å². The molecule has 0 radical (unpaired) electrons. The molecular formula is C17H16F3N5O. The van der Waals surface area contributed by atoms with E-state index >= 15 is 0 Å². The molecule has 0 aliphatic carbocycles. The number of fused-ring (bicyclic) bond motifs is 3. The molecule has 26 heavy (non-hydrogen) atoms. The van der Waals surface area contributed by atoms with Gasteiger partial charge in [-0.05, 0) is 18.9 Å². The molecule has 1 aliphatic rings. The average molecular weight is 363 g/mol. The molecule has 1 fully saturated rings. The van der Waals surface area contributed by atoms with Gasteiger partial charge in [-0.1, -0.05) is 0 Å². The van der Waals surface area contributed by atoms with Crippen molar-refractivity contribution in [1.29, 1.82) is 0 Å². The molecule has 1 N–H and O–H groups in total. The summed E-state index contributed by atoms with van der Waals surface area (Å²) in [6, 6.07) is 1.88. The lowest BCUT2D eigenvalue weighted by Crippen LogP contribution is -2.41. The number of aromatic nitrogens is 4. The molecule has 3 aromatic rings.